The van der Waals surface area contributed by atoms with E-state index in [1.807, 2.05) is 6.07 Å². The molecule has 302 valence electrons. The van der Waals surface area contributed by atoms with Gasteiger partial charge in [0.15, 0.2) is 0 Å². The monoisotopic (exact) mass is 783 g/mol. The highest BCUT2D eigenvalue weighted by Crippen LogP contribution is 2.28. The first kappa shape index (κ1) is 45.0. The van der Waals surface area contributed by atoms with Gasteiger partial charge in [-0.1, -0.05) is 13.2 Å². The second-order valence-corrected chi connectivity index (χ2v) is 12.5. The molecule has 13 nitrogen and oxygen atoms in total. The summed E-state index contributed by atoms with van der Waals surface area (Å²) in [5, 5.41) is 8.79. The summed E-state index contributed by atoms with van der Waals surface area (Å²) in [6.07, 6.45) is 10.3. The van der Waals surface area contributed by atoms with Crippen LogP contribution in [0.15, 0.2) is 92.0 Å². The number of hydrogen-bond donors (Lipinski definition) is 0. The van der Waals surface area contributed by atoms with Gasteiger partial charge in [0, 0.05) is 18.6 Å². The molecule has 3 aromatic rings. The third kappa shape index (κ3) is 17.7. The number of carbonyl (C=O) groups is 5. The van der Waals surface area contributed by atoms with Crippen LogP contribution in [-0.2, 0) is 23.8 Å². The number of carbonyl (C=O) groups excluding carboxylic acids is 5. The van der Waals surface area contributed by atoms with Crippen molar-refractivity contribution >= 4 is 29.8 Å². The molecule has 0 saturated heterocycles. The lowest BCUT2D eigenvalue weighted by molar-refractivity contribution is -0.138. The second-order valence-electron chi connectivity index (χ2n) is 12.5. The predicted octanol–water partition coefficient (Wildman–Crippen LogP) is 8.31. The second kappa shape index (κ2) is 26.4. The molecule has 0 saturated carbocycles. The Balaban J connectivity index is 1.54. The topological polar surface area (TPSA) is 174 Å². The molecule has 0 aliphatic rings. The Labute approximate surface area is 333 Å². The Morgan fingerprint density at radius 3 is 1.44 bits per heavy atom. The van der Waals surface area contributed by atoms with Crippen molar-refractivity contribution in [1.82, 2.24) is 0 Å². The summed E-state index contributed by atoms with van der Waals surface area (Å²) in [4.78, 5) is 61.4. The number of benzene rings is 3. The zero-order chi connectivity index (χ0) is 41.1. The average molecular weight is 784 g/mol. The first-order chi connectivity index (χ1) is 27.7. The molecule has 3 aromatic carbocycles. The fraction of sp³-hybridized carbons (Fsp3) is 0.364. The van der Waals surface area contributed by atoms with E-state index in [0.29, 0.717) is 57.2 Å². The van der Waals surface area contributed by atoms with E-state index < -0.39 is 29.8 Å². The van der Waals surface area contributed by atoms with Crippen LogP contribution in [0.1, 0.15) is 102 Å². The summed E-state index contributed by atoms with van der Waals surface area (Å²) >= 11 is 0. The van der Waals surface area contributed by atoms with E-state index in [0.717, 1.165) is 63.5 Å². The Bertz CT molecular complexity index is 1810. The predicted molar refractivity (Wildman–Crippen MR) is 209 cm³/mol. The van der Waals surface area contributed by atoms with E-state index >= 15 is 0 Å². The maximum absolute atomic E-state index is 13.2. The summed E-state index contributed by atoms with van der Waals surface area (Å²) in [7, 11) is 0. The van der Waals surface area contributed by atoms with Crippen LogP contribution >= 0.6 is 0 Å². The fourth-order valence-corrected chi connectivity index (χ4v) is 5.03. The molecule has 13 heteroatoms. The van der Waals surface area contributed by atoms with Gasteiger partial charge in [0.25, 0.3) is 0 Å². The highest BCUT2D eigenvalue weighted by molar-refractivity contribution is 5.97. The number of rotatable bonds is 27. The highest BCUT2D eigenvalue weighted by Gasteiger charge is 2.21. The molecule has 0 radical (unpaired) electrons. The number of ether oxygens (including phenoxy) is 7. The van der Waals surface area contributed by atoms with Crippen molar-refractivity contribution in [2.45, 2.75) is 70.6 Å². The van der Waals surface area contributed by atoms with Gasteiger partial charge >= 0.3 is 29.8 Å². The largest absolute Gasteiger partial charge is 0.494 e. The van der Waals surface area contributed by atoms with Gasteiger partial charge in [-0.3, -0.25) is 0 Å². The number of nitrogens with zero attached hydrogens (tertiary/aromatic N) is 1. The van der Waals surface area contributed by atoms with Crippen molar-refractivity contribution in [3.8, 4) is 29.1 Å². The minimum atomic E-state index is -0.799. The molecule has 0 spiro atoms. The third-order valence-corrected chi connectivity index (χ3v) is 8.12. The van der Waals surface area contributed by atoms with Gasteiger partial charge in [0.2, 0.25) is 0 Å². The molecule has 0 N–H and O–H groups in total. The molecule has 3 rings (SSSR count). The molecule has 0 amide bonds. The fourth-order valence-electron chi connectivity index (χ4n) is 5.03. The van der Waals surface area contributed by atoms with E-state index in [4.69, 9.17) is 38.4 Å². The molecule has 0 aromatic heterocycles. The molecule has 0 unspecified atom stereocenters. The van der Waals surface area contributed by atoms with Gasteiger partial charge in [-0.15, -0.1) is 0 Å². The van der Waals surface area contributed by atoms with Crippen LogP contribution in [0, 0.1) is 11.3 Å². The number of hydrogen-bond acceptors (Lipinski definition) is 13. The quantitative estimate of drug-likeness (QED) is 0.0238. The van der Waals surface area contributed by atoms with Gasteiger partial charge in [0.05, 0.1) is 50.2 Å². The van der Waals surface area contributed by atoms with E-state index in [1.165, 1.54) is 18.2 Å². The Morgan fingerprint density at radius 1 is 0.509 bits per heavy atom. The molecular weight excluding hydrogens is 734 g/mol. The van der Waals surface area contributed by atoms with Crippen LogP contribution in [-0.4, -0.2) is 62.9 Å². The van der Waals surface area contributed by atoms with Crippen molar-refractivity contribution in [3.63, 3.8) is 0 Å². The van der Waals surface area contributed by atoms with Gasteiger partial charge < -0.3 is 33.2 Å². The zero-order valence-corrected chi connectivity index (χ0v) is 32.1. The minimum Gasteiger partial charge on any atom is -0.494 e. The van der Waals surface area contributed by atoms with Crippen molar-refractivity contribution in [2.75, 3.05) is 33.0 Å². The lowest BCUT2D eigenvalue weighted by Gasteiger charge is -2.13. The van der Waals surface area contributed by atoms with Crippen molar-refractivity contribution in [2.24, 2.45) is 0 Å². The molecule has 57 heavy (non-hydrogen) atoms. The maximum Gasteiger partial charge on any atom is 0.343 e. The summed E-state index contributed by atoms with van der Waals surface area (Å²) in [6.45, 7) is 8.40. The number of nitriles is 1. The minimum absolute atomic E-state index is 0.0217. The van der Waals surface area contributed by atoms with Crippen LogP contribution in [0.25, 0.3) is 0 Å². The lowest BCUT2D eigenvalue weighted by Crippen LogP contribution is -2.14. The van der Waals surface area contributed by atoms with Crippen molar-refractivity contribution in [3.05, 3.63) is 109 Å². The SMILES string of the molecule is C=CC(=O)OCCCCCCOc1ccc(C(=O)Oc2ccc(OC(=O)c3ccc(OCCCCCCOC(=O)C=C)cc3)c(C(=O)OCCCCC#N)c2)cc1. The number of unbranched alkanes of at least 4 members (excludes halogenated alkanes) is 8. The zero-order valence-electron chi connectivity index (χ0n) is 32.1. The van der Waals surface area contributed by atoms with Gasteiger partial charge in [-0.05, 0) is 131 Å². The smallest absolute Gasteiger partial charge is 0.343 e. The van der Waals surface area contributed by atoms with E-state index in [-0.39, 0.29) is 34.8 Å². The Hall–Kier alpha value is -6.42. The standard InChI is InChI=1S/C44H49NO12/c1-3-40(46)53-29-13-7-5-11-27-51-35-20-16-33(17-21-35)42(48)56-37-24-25-39(38(32-37)44(50)55-31-15-9-10-26-45)57-43(49)34-18-22-36(23-19-34)52-28-12-6-8-14-30-54-41(47)4-2/h3-4,16-25,32H,1-2,5-15,27-31H2. The van der Waals surface area contributed by atoms with Crippen LogP contribution in [0.2, 0.25) is 0 Å². The molecule has 0 aliphatic carbocycles. The first-order valence-electron chi connectivity index (χ1n) is 18.9. The lowest BCUT2D eigenvalue weighted by atomic mass is 10.1. The molecular formula is C44H49NO12. The van der Waals surface area contributed by atoms with Crippen LogP contribution in [0.3, 0.4) is 0 Å². The summed E-state index contributed by atoms with van der Waals surface area (Å²) < 4.78 is 38.0. The van der Waals surface area contributed by atoms with E-state index in [1.54, 1.807) is 48.5 Å². The van der Waals surface area contributed by atoms with Crippen LogP contribution in [0.4, 0.5) is 0 Å². The summed E-state index contributed by atoms with van der Waals surface area (Å²) in [5.41, 5.74) is 0.318. The first-order valence-corrected chi connectivity index (χ1v) is 18.9. The van der Waals surface area contributed by atoms with Crippen molar-refractivity contribution < 1.29 is 57.1 Å². The Kier molecular flexibility index (Phi) is 20.8. The third-order valence-electron chi connectivity index (χ3n) is 8.12. The molecule has 0 bridgehead atoms. The average Bonchev–Trinajstić information content (AvgIpc) is 3.23. The van der Waals surface area contributed by atoms with Crippen LogP contribution in [0.5, 0.6) is 23.0 Å². The van der Waals surface area contributed by atoms with E-state index in [2.05, 4.69) is 13.2 Å². The van der Waals surface area contributed by atoms with Crippen LogP contribution < -0.4 is 18.9 Å². The summed E-state index contributed by atoms with van der Waals surface area (Å²) in [5.74, 6) is -2.02. The summed E-state index contributed by atoms with van der Waals surface area (Å²) in [6, 6.07) is 18.8. The van der Waals surface area contributed by atoms with E-state index in [9.17, 15) is 24.0 Å². The molecule has 0 heterocycles. The maximum atomic E-state index is 13.2. The number of esters is 5. The molecule has 0 aliphatic heterocycles. The van der Waals surface area contributed by atoms with Gasteiger partial charge in [0.1, 0.15) is 28.6 Å². The molecule has 0 atom stereocenters. The van der Waals surface area contributed by atoms with Gasteiger partial charge in [-0.25, -0.2) is 24.0 Å². The van der Waals surface area contributed by atoms with Crippen molar-refractivity contribution in [1.29, 1.82) is 5.26 Å². The molecule has 0 fully saturated rings. The Morgan fingerprint density at radius 2 is 0.947 bits per heavy atom. The van der Waals surface area contributed by atoms with Gasteiger partial charge in [-0.2, -0.15) is 5.26 Å². The normalized spacial score (nSPS) is 10.3. The highest BCUT2D eigenvalue weighted by atomic mass is 16.6.